The third kappa shape index (κ3) is 3.58. The molecule has 0 aromatic carbocycles. The molecule has 2 rings (SSSR count). The molecule has 1 aliphatic rings. The molecule has 0 atom stereocenters. The smallest absolute Gasteiger partial charge is 0.227 e. The zero-order valence-electron chi connectivity index (χ0n) is 12.1. The van der Waals surface area contributed by atoms with E-state index in [1.165, 1.54) is 0 Å². The Bertz CT molecular complexity index is 431. The summed E-state index contributed by atoms with van der Waals surface area (Å²) in [7, 11) is 0. The number of aromatic nitrogens is 1. The number of carbonyl (C=O) groups is 1. The third-order valence-electron chi connectivity index (χ3n) is 3.75. The van der Waals surface area contributed by atoms with Crippen LogP contribution in [0.3, 0.4) is 0 Å². The largest absolute Gasteiger partial charge is 0.394 e. The Balaban J connectivity index is 1.83. The molecule has 1 aliphatic heterocycles. The number of aliphatic hydroxyl groups is 1. The molecule has 0 bridgehead atoms. The van der Waals surface area contributed by atoms with Crippen LogP contribution >= 0.6 is 0 Å². The molecule has 0 unspecified atom stereocenters. The van der Waals surface area contributed by atoms with Gasteiger partial charge in [0.05, 0.1) is 31.4 Å². The summed E-state index contributed by atoms with van der Waals surface area (Å²) < 4.78 is 10.6. The molecule has 1 amide bonds. The molecule has 1 saturated heterocycles. The first kappa shape index (κ1) is 15.0. The topological polar surface area (TPSA) is 75.8 Å². The molecule has 20 heavy (non-hydrogen) atoms. The molecule has 1 aromatic heterocycles. The summed E-state index contributed by atoms with van der Waals surface area (Å²) in [6.45, 7) is 5.52. The molecule has 2 heterocycles. The molecule has 6 heteroatoms. The van der Waals surface area contributed by atoms with Crippen molar-refractivity contribution in [2.24, 2.45) is 0 Å². The maximum Gasteiger partial charge on any atom is 0.227 e. The summed E-state index contributed by atoms with van der Waals surface area (Å²) >= 11 is 0. The van der Waals surface area contributed by atoms with Crippen molar-refractivity contribution in [1.29, 1.82) is 0 Å². The summed E-state index contributed by atoms with van der Waals surface area (Å²) in [5.41, 5.74) is 1.69. The van der Waals surface area contributed by atoms with Crippen LogP contribution in [-0.2, 0) is 16.0 Å². The molecule has 0 saturated carbocycles. The molecular weight excluding hydrogens is 260 g/mol. The average Bonchev–Trinajstić information content (AvgIpc) is 2.77. The lowest BCUT2D eigenvalue weighted by Gasteiger charge is -2.32. The SMILES string of the molecule is Cc1noc(C)c1CC(=O)N1CCC(OCCO)CC1. The van der Waals surface area contributed by atoms with Crippen LogP contribution in [0.25, 0.3) is 0 Å². The Morgan fingerprint density at radius 2 is 2.15 bits per heavy atom. The number of aryl methyl sites for hydroxylation is 2. The number of ether oxygens (including phenoxy) is 1. The van der Waals surface area contributed by atoms with Crippen LogP contribution in [0.5, 0.6) is 0 Å². The maximum atomic E-state index is 12.3. The van der Waals surface area contributed by atoms with Gasteiger partial charge in [-0.1, -0.05) is 5.16 Å². The number of likely N-dealkylation sites (tertiary alicyclic amines) is 1. The first-order chi connectivity index (χ1) is 9.61. The summed E-state index contributed by atoms with van der Waals surface area (Å²) in [4.78, 5) is 14.1. The van der Waals surface area contributed by atoms with E-state index in [1.807, 2.05) is 18.7 Å². The number of carbonyl (C=O) groups excluding carboxylic acids is 1. The van der Waals surface area contributed by atoms with E-state index in [1.54, 1.807) is 0 Å². The van der Waals surface area contributed by atoms with Crippen molar-refractivity contribution in [2.75, 3.05) is 26.3 Å². The number of rotatable bonds is 5. The van der Waals surface area contributed by atoms with Gasteiger partial charge in [-0.2, -0.15) is 0 Å². The van der Waals surface area contributed by atoms with E-state index in [-0.39, 0.29) is 18.6 Å². The summed E-state index contributed by atoms with van der Waals surface area (Å²) in [5.74, 6) is 0.831. The quantitative estimate of drug-likeness (QED) is 0.866. The minimum atomic E-state index is 0.0468. The highest BCUT2D eigenvalue weighted by molar-refractivity contribution is 5.79. The van der Waals surface area contributed by atoms with Crippen molar-refractivity contribution in [3.05, 3.63) is 17.0 Å². The van der Waals surface area contributed by atoms with E-state index in [0.29, 0.717) is 26.1 Å². The lowest BCUT2D eigenvalue weighted by molar-refractivity contribution is -0.133. The molecule has 1 fully saturated rings. The minimum absolute atomic E-state index is 0.0468. The highest BCUT2D eigenvalue weighted by atomic mass is 16.5. The van der Waals surface area contributed by atoms with Gasteiger partial charge in [-0.25, -0.2) is 0 Å². The van der Waals surface area contributed by atoms with Crippen molar-refractivity contribution in [3.8, 4) is 0 Å². The first-order valence-corrected chi connectivity index (χ1v) is 7.03. The molecular formula is C14H22N2O4. The fourth-order valence-electron chi connectivity index (χ4n) is 2.51. The number of piperidine rings is 1. The van der Waals surface area contributed by atoms with E-state index in [9.17, 15) is 4.79 Å². The van der Waals surface area contributed by atoms with Gasteiger partial charge in [0, 0.05) is 18.7 Å². The van der Waals surface area contributed by atoms with Crippen molar-refractivity contribution < 1.29 is 19.2 Å². The van der Waals surface area contributed by atoms with Crippen molar-refractivity contribution in [3.63, 3.8) is 0 Å². The van der Waals surface area contributed by atoms with Crippen LogP contribution in [-0.4, -0.2) is 53.5 Å². The molecule has 0 aliphatic carbocycles. The number of hydrogen-bond donors (Lipinski definition) is 1. The van der Waals surface area contributed by atoms with Gasteiger partial charge in [0.15, 0.2) is 0 Å². The van der Waals surface area contributed by atoms with Crippen LogP contribution in [0.15, 0.2) is 4.52 Å². The van der Waals surface area contributed by atoms with E-state index in [2.05, 4.69) is 5.16 Å². The van der Waals surface area contributed by atoms with E-state index in [0.717, 1.165) is 29.9 Å². The van der Waals surface area contributed by atoms with Gasteiger partial charge in [0.1, 0.15) is 5.76 Å². The highest BCUT2D eigenvalue weighted by Crippen LogP contribution is 2.17. The predicted molar refractivity (Wildman–Crippen MR) is 72.3 cm³/mol. The van der Waals surface area contributed by atoms with E-state index in [4.69, 9.17) is 14.4 Å². The molecule has 0 spiro atoms. The average molecular weight is 282 g/mol. The summed E-state index contributed by atoms with van der Waals surface area (Å²) in [6.07, 6.45) is 2.16. The first-order valence-electron chi connectivity index (χ1n) is 7.03. The summed E-state index contributed by atoms with van der Waals surface area (Å²) in [5, 5.41) is 12.6. The Morgan fingerprint density at radius 3 is 2.70 bits per heavy atom. The maximum absolute atomic E-state index is 12.3. The second-order valence-electron chi connectivity index (χ2n) is 5.15. The van der Waals surface area contributed by atoms with E-state index >= 15 is 0 Å². The normalized spacial score (nSPS) is 16.6. The summed E-state index contributed by atoms with van der Waals surface area (Å²) in [6, 6.07) is 0. The number of hydrogen-bond acceptors (Lipinski definition) is 5. The Kier molecular flexibility index (Phi) is 5.14. The van der Waals surface area contributed by atoms with Crippen LogP contribution in [0.4, 0.5) is 0 Å². The Labute approximate surface area is 118 Å². The van der Waals surface area contributed by atoms with Gasteiger partial charge >= 0.3 is 0 Å². The van der Waals surface area contributed by atoms with Crippen LogP contribution < -0.4 is 0 Å². The lowest BCUT2D eigenvalue weighted by atomic mass is 10.1. The second kappa shape index (κ2) is 6.85. The monoisotopic (exact) mass is 282 g/mol. The van der Waals surface area contributed by atoms with Gasteiger partial charge < -0.3 is 19.3 Å². The third-order valence-corrected chi connectivity index (χ3v) is 3.75. The molecule has 1 aromatic rings. The van der Waals surface area contributed by atoms with E-state index < -0.39 is 0 Å². The molecule has 6 nitrogen and oxygen atoms in total. The standard InChI is InChI=1S/C14H22N2O4/c1-10-13(11(2)20-15-10)9-14(18)16-5-3-12(4-6-16)19-8-7-17/h12,17H,3-9H2,1-2H3. The Morgan fingerprint density at radius 1 is 1.45 bits per heavy atom. The van der Waals surface area contributed by atoms with Gasteiger partial charge in [0.25, 0.3) is 0 Å². The molecule has 0 radical (unpaired) electrons. The molecule has 1 N–H and O–H groups in total. The van der Waals surface area contributed by atoms with Crippen LogP contribution in [0, 0.1) is 13.8 Å². The lowest BCUT2D eigenvalue weighted by Crippen LogP contribution is -2.41. The van der Waals surface area contributed by atoms with Gasteiger partial charge in [-0.15, -0.1) is 0 Å². The zero-order valence-corrected chi connectivity index (χ0v) is 12.1. The Hall–Kier alpha value is -1.40. The number of aliphatic hydroxyl groups excluding tert-OH is 1. The predicted octanol–water partition coefficient (Wildman–Crippen LogP) is 0.834. The number of nitrogens with zero attached hydrogens (tertiary/aromatic N) is 2. The van der Waals surface area contributed by atoms with Crippen molar-refractivity contribution in [2.45, 2.75) is 39.2 Å². The van der Waals surface area contributed by atoms with Crippen LogP contribution in [0.2, 0.25) is 0 Å². The number of amides is 1. The van der Waals surface area contributed by atoms with Gasteiger partial charge in [0.2, 0.25) is 5.91 Å². The van der Waals surface area contributed by atoms with Crippen LogP contribution in [0.1, 0.15) is 29.9 Å². The fourth-order valence-corrected chi connectivity index (χ4v) is 2.51. The highest BCUT2D eigenvalue weighted by Gasteiger charge is 2.24. The van der Waals surface area contributed by atoms with Gasteiger partial charge in [-0.3, -0.25) is 4.79 Å². The van der Waals surface area contributed by atoms with Crippen molar-refractivity contribution >= 4 is 5.91 Å². The second-order valence-corrected chi connectivity index (χ2v) is 5.15. The fraction of sp³-hybridized carbons (Fsp3) is 0.714. The molecule has 112 valence electrons. The van der Waals surface area contributed by atoms with Gasteiger partial charge in [-0.05, 0) is 26.7 Å². The minimum Gasteiger partial charge on any atom is -0.394 e. The zero-order chi connectivity index (χ0) is 14.5. The van der Waals surface area contributed by atoms with Crippen molar-refractivity contribution in [1.82, 2.24) is 10.1 Å².